The number of phenolic OH excluding ortho intramolecular Hbond substituents is 1. The van der Waals surface area contributed by atoms with E-state index in [-0.39, 0.29) is 36.3 Å². The van der Waals surface area contributed by atoms with Crippen molar-refractivity contribution in [1.82, 2.24) is 15.0 Å². The van der Waals surface area contributed by atoms with Crippen LogP contribution in [0.5, 0.6) is 11.8 Å². The van der Waals surface area contributed by atoms with Crippen LogP contribution in [0.15, 0.2) is 47.5 Å². The molecule has 1 aliphatic heterocycles. The molecule has 33 heavy (non-hydrogen) atoms. The number of aliphatic imine (C=N–C) groups is 1. The number of carbonyl (C=O) groups is 1. The molecule has 0 fully saturated rings. The van der Waals surface area contributed by atoms with Crippen LogP contribution in [0.2, 0.25) is 0 Å². The highest BCUT2D eigenvalue weighted by Gasteiger charge is 2.29. The molecule has 0 saturated carbocycles. The molecule has 1 aromatic carbocycles. The van der Waals surface area contributed by atoms with Crippen LogP contribution in [-0.2, 0) is 16.1 Å². The zero-order valence-corrected chi connectivity index (χ0v) is 17.3. The molecular weight excluding hydrogens is 447 g/mol. The van der Waals surface area contributed by atoms with Gasteiger partial charge in [0.1, 0.15) is 11.6 Å². The van der Waals surface area contributed by atoms with Gasteiger partial charge in [-0.15, -0.1) is 0 Å². The largest absolute Gasteiger partial charge is 0.508 e. The second-order valence-corrected chi connectivity index (χ2v) is 6.86. The second-order valence-electron chi connectivity index (χ2n) is 6.86. The number of rotatable bonds is 7. The summed E-state index contributed by atoms with van der Waals surface area (Å²) >= 11 is 0. The highest BCUT2D eigenvalue weighted by atomic mass is 19.4. The van der Waals surface area contributed by atoms with E-state index in [1.54, 1.807) is 12.1 Å². The molecule has 1 atom stereocenters. The molecule has 0 saturated heterocycles. The number of alkyl halides is 3. The van der Waals surface area contributed by atoms with Crippen LogP contribution >= 0.6 is 0 Å². The van der Waals surface area contributed by atoms with Crippen LogP contribution in [0.3, 0.4) is 0 Å². The zero-order chi connectivity index (χ0) is 24.0. The summed E-state index contributed by atoms with van der Waals surface area (Å²) in [5.74, 6) is -1.14. The fourth-order valence-corrected chi connectivity index (χ4v) is 2.72. The minimum Gasteiger partial charge on any atom is -0.508 e. The topological polar surface area (TPSA) is 129 Å². The van der Waals surface area contributed by atoms with Crippen molar-refractivity contribution in [3.05, 3.63) is 48.0 Å². The number of hydrogen-bond donors (Lipinski definition) is 3. The Morgan fingerprint density at radius 1 is 1.30 bits per heavy atom. The molecule has 1 aliphatic rings. The van der Waals surface area contributed by atoms with E-state index in [1.165, 1.54) is 37.5 Å². The Bertz CT molecular complexity index is 1040. The van der Waals surface area contributed by atoms with Crippen molar-refractivity contribution in [2.45, 2.75) is 12.7 Å². The fourth-order valence-electron chi connectivity index (χ4n) is 2.72. The molecule has 0 radical (unpaired) electrons. The average molecular weight is 467 g/mol. The SMILES string of the molecule is COC(=O)C1C=CC(=Nc2cc(NCc3ccc(O)cc3)nc(OCC(F)(F)F)n2)N(O)C1. The third-order valence-electron chi connectivity index (χ3n) is 4.31. The van der Waals surface area contributed by atoms with Gasteiger partial charge in [0.25, 0.3) is 0 Å². The minimum atomic E-state index is -4.60. The molecule has 1 unspecified atom stereocenters. The van der Waals surface area contributed by atoms with E-state index in [9.17, 15) is 28.3 Å². The number of aromatic hydroxyl groups is 1. The van der Waals surface area contributed by atoms with Crippen molar-refractivity contribution in [2.24, 2.45) is 10.9 Å². The van der Waals surface area contributed by atoms with Gasteiger partial charge in [-0.05, 0) is 23.8 Å². The van der Waals surface area contributed by atoms with E-state index in [0.717, 1.165) is 5.56 Å². The fraction of sp³-hybridized carbons (Fsp3) is 0.300. The standard InChI is InChI=1S/C20H20F3N5O5/c1-32-18(30)13-4-7-17(28(31)10-13)25-16-8-15(24-9-12-2-5-14(29)6-3-12)26-19(27-16)33-11-20(21,22)23/h2-8,13,29,31H,9-11H2,1H3,(H,24,26,27). The number of nitrogens with one attached hydrogen (secondary N) is 1. The zero-order valence-electron chi connectivity index (χ0n) is 17.3. The molecular formula is C20H20F3N5O5. The number of esters is 1. The highest BCUT2D eigenvalue weighted by Crippen LogP contribution is 2.23. The lowest BCUT2D eigenvalue weighted by atomic mass is 10.1. The number of aromatic nitrogens is 2. The van der Waals surface area contributed by atoms with Crippen LogP contribution in [0.25, 0.3) is 0 Å². The number of methoxy groups -OCH3 is 1. The number of nitrogens with zero attached hydrogens (tertiary/aromatic N) is 4. The van der Waals surface area contributed by atoms with Gasteiger partial charge >= 0.3 is 18.2 Å². The molecule has 176 valence electrons. The molecule has 0 spiro atoms. The first-order valence-corrected chi connectivity index (χ1v) is 9.54. The van der Waals surface area contributed by atoms with Gasteiger partial charge in [0.2, 0.25) is 0 Å². The Hall–Kier alpha value is -3.87. The van der Waals surface area contributed by atoms with Crippen LogP contribution in [0.1, 0.15) is 5.56 Å². The smallest absolute Gasteiger partial charge is 0.422 e. The number of benzene rings is 1. The molecule has 3 N–H and O–H groups in total. The van der Waals surface area contributed by atoms with Crippen molar-refractivity contribution in [2.75, 3.05) is 25.6 Å². The number of phenols is 1. The Kier molecular flexibility index (Phi) is 7.33. The summed E-state index contributed by atoms with van der Waals surface area (Å²) in [4.78, 5) is 23.5. The van der Waals surface area contributed by atoms with Gasteiger partial charge in [0.05, 0.1) is 19.6 Å². The van der Waals surface area contributed by atoms with Gasteiger partial charge < -0.3 is 19.9 Å². The number of hydroxylamine groups is 2. The monoisotopic (exact) mass is 467 g/mol. The third kappa shape index (κ3) is 7.07. The van der Waals surface area contributed by atoms with Gasteiger partial charge in [-0.2, -0.15) is 23.1 Å². The maximum absolute atomic E-state index is 12.6. The van der Waals surface area contributed by atoms with Gasteiger partial charge in [-0.3, -0.25) is 10.0 Å². The summed E-state index contributed by atoms with van der Waals surface area (Å²) in [7, 11) is 1.22. The molecule has 13 heteroatoms. The van der Waals surface area contributed by atoms with Crippen molar-refractivity contribution < 1.29 is 37.8 Å². The maximum Gasteiger partial charge on any atom is 0.422 e. The second kappa shape index (κ2) is 10.2. The van der Waals surface area contributed by atoms with Crippen LogP contribution in [0.4, 0.5) is 24.8 Å². The number of amidine groups is 1. The molecule has 2 heterocycles. The summed E-state index contributed by atoms with van der Waals surface area (Å²) in [5.41, 5.74) is 0.766. The molecule has 0 aliphatic carbocycles. The van der Waals surface area contributed by atoms with Crippen molar-refractivity contribution in [3.63, 3.8) is 0 Å². The minimum absolute atomic E-state index is 0.000101. The molecule has 10 nitrogen and oxygen atoms in total. The number of anilines is 1. The van der Waals surface area contributed by atoms with E-state index in [2.05, 4.69) is 29.8 Å². The number of ether oxygens (including phenoxy) is 2. The summed E-state index contributed by atoms with van der Waals surface area (Å²) in [5, 5.41) is 23.1. The maximum atomic E-state index is 12.6. The van der Waals surface area contributed by atoms with E-state index in [0.29, 0.717) is 5.06 Å². The van der Waals surface area contributed by atoms with E-state index < -0.39 is 30.7 Å². The number of halogens is 3. The normalized spacial score (nSPS) is 17.2. The molecule has 1 aromatic heterocycles. The lowest BCUT2D eigenvalue weighted by Crippen LogP contribution is -2.37. The first kappa shape index (κ1) is 23.8. The predicted molar refractivity (Wildman–Crippen MR) is 109 cm³/mol. The van der Waals surface area contributed by atoms with Crippen LogP contribution in [0, 0.1) is 5.92 Å². The first-order chi connectivity index (χ1) is 15.6. The molecule has 3 rings (SSSR count). The van der Waals surface area contributed by atoms with Gasteiger partial charge in [-0.1, -0.05) is 18.2 Å². The van der Waals surface area contributed by atoms with E-state index in [1.807, 2.05) is 0 Å². The Morgan fingerprint density at radius 3 is 2.67 bits per heavy atom. The first-order valence-electron chi connectivity index (χ1n) is 9.54. The Balaban J connectivity index is 1.84. The Labute approximate surface area is 186 Å². The predicted octanol–water partition coefficient (Wildman–Crippen LogP) is 2.82. The lowest BCUT2D eigenvalue weighted by Gasteiger charge is -2.24. The van der Waals surface area contributed by atoms with E-state index in [4.69, 9.17) is 0 Å². The number of hydrogen-bond acceptors (Lipinski definition) is 9. The van der Waals surface area contributed by atoms with E-state index >= 15 is 0 Å². The number of carbonyl (C=O) groups excluding carboxylic acids is 1. The Morgan fingerprint density at radius 2 is 2.03 bits per heavy atom. The van der Waals surface area contributed by atoms with Crippen LogP contribution in [-0.4, -0.2) is 63.6 Å². The lowest BCUT2D eigenvalue weighted by molar-refractivity contribution is -0.154. The average Bonchev–Trinajstić information content (AvgIpc) is 2.77. The summed E-state index contributed by atoms with van der Waals surface area (Å²) in [6, 6.07) is 7.05. The van der Waals surface area contributed by atoms with Gasteiger partial charge in [-0.25, -0.2) is 10.1 Å². The van der Waals surface area contributed by atoms with Gasteiger partial charge in [0.15, 0.2) is 18.3 Å². The summed E-state index contributed by atoms with van der Waals surface area (Å²) in [6.07, 6.45) is -1.77. The molecule has 0 bridgehead atoms. The molecule has 0 amide bonds. The van der Waals surface area contributed by atoms with Crippen molar-refractivity contribution in [3.8, 4) is 11.8 Å². The molecule has 2 aromatic rings. The van der Waals surface area contributed by atoms with Crippen molar-refractivity contribution in [1.29, 1.82) is 0 Å². The third-order valence-corrected chi connectivity index (χ3v) is 4.31. The summed E-state index contributed by atoms with van der Waals surface area (Å²) in [6.45, 7) is -1.49. The van der Waals surface area contributed by atoms with Crippen molar-refractivity contribution >= 4 is 23.4 Å². The van der Waals surface area contributed by atoms with Crippen LogP contribution < -0.4 is 10.1 Å². The summed E-state index contributed by atoms with van der Waals surface area (Å²) < 4.78 is 47.0. The quantitative estimate of drug-likeness (QED) is 0.527. The van der Waals surface area contributed by atoms with Gasteiger partial charge in [0, 0.05) is 12.6 Å². The highest BCUT2D eigenvalue weighted by molar-refractivity contribution is 5.96.